The first-order chi connectivity index (χ1) is 10.7. The van der Waals surface area contributed by atoms with Gasteiger partial charge in [0.2, 0.25) is 0 Å². The summed E-state index contributed by atoms with van der Waals surface area (Å²) in [6.45, 7) is 6.19. The number of likely N-dealkylation sites (tertiary alicyclic amines) is 1. The third kappa shape index (κ3) is 3.23. The van der Waals surface area contributed by atoms with E-state index in [9.17, 15) is 0 Å². The van der Waals surface area contributed by atoms with E-state index in [0.29, 0.717) is 0 Å². The van der Waals surface area contributed by atoms with Crippen molar-refractivity contribution in [2.24, 2.45) is 5.73 Å². The van der Waals surface area contributed by atoms with E-state index in [1.165, 1.54) is 16.7 Å². The summed E-state index contributed by atoms with van der Waals surface area (Å²) in [4.78, 5) is 2.55. The fraction of sp³-hybridized carbons (Fsp3) is 0.400. The lowest BCUT2D eigenvalue weighted by Crippen LogP contribution is -2.46. The standard InChI is InChI=1S/C20H26N2/c1-17-7-9-19(10-8-17)20(16-21)11-13-22(14-12-20)15-18-5-3-2-4-6-18/h2-10H,11-16,21H2,1H3. The van der Waals surface area contributed by atoms with Gasteiger partial charge < -0.3 is 5.73 Å². The van der Waals surface area contributed by atoms with Gasteiger partial charge >= 0.3 is 0 Å². The molecule has 2 heteroatoms. The highest BCUT2D eigenvalue weighted by Gasteiger charge is 2.34. The molecule has 1 fully saturated rings. The highest BCUT2D eigenvalue weighted by atomic mass is 15.1. The molecule has 2 aromatic rings. The number of benzene rings is 2. The largest absolute Gasteiger partial charge is 0.330 e. The van der Waals surface area contributed by atoms with Crippen LogP contribution in [0.1, 0.15) is 29.5 Å². The van der Waals surface area contributed by atoms with Crippen molar-refractivity contribution in [1.82, 2.24) is 4.90 Å². The Hall–Kier alpha value is -1.64. The molecule has 2 nitrogen and oxygen atoms in total. The van der Waals surface area contributed by atoms with Crippen molar-refractivity contribution in [2.45, 2.75) is 31.7 Å². The third-order valence-electron chi connectivity index (χ3n) is 5.12. The van der Waals surface area contributed by atoms with Crippen LogP contribution in [0.15, 0.2) is 54.6 Å². The normalized spacial score (nSPS) is 18.3. The lowest BCUT2D eigenvalue weighted by atomic mass is 9.72. The molecule has 0 amide bonds. The monoisotopic (exact) mass is 294 g/mol. The van der Waals surface area contributed by atoms with Crippen LogP contribution in [-0.2, 0) is 12.0 Å². The number of rotatable bonds is 4. The molecule has 0 atom stereocenters. The number of aryl methyl sites for hydroxylation is 1. The van der Waals surface area contributed by atoms with E-state index < -0.39 is 0 Å². The second-order valence-corrected chi connectivity index (χ2v) is 6.61. The zero-order valence-corrected chi connectivity index (χ0v) is 13.5. The number of nitrogens with zero attached hydrogens (tertiary/aromatic N) is 1. The summed E-state index contributed by atoms with van der Waals surface area (Å²) >= 11 is 0. The average Bonchev–Trinajstić information content (AvgIpc) is 2.57. The predicted octanol–water partition coefficient (Wildman–Crippen LogP) is 3.49. The van der Waals surface area contributed by atoms with Gasteiger partial charge in [0.05, 0.1) is 0 Å². The van der Waals surface area contributed by atoms with Crippen LogP contribution in [-0.4, -0.2) is 24.5 Å². The predicted molar refractivity (Wildman–Crippen MR) is 92.9 cm³/mol. The van der Waals surface area contributed by atoms with Crippen LogP contribution < -0.4 is 5.73 Å². The minimum atomic E-state index is 0.168. The molecule has 0 aromatic heterocycles. The van der Waals surface area contributed by atoms with Crippen LogP contribution in [0.5, 0.6) is 0 Å². The van der Waals surface area contributed by atoms with E-state index in [2.05, 4.69) is 66.4 Å². The summed E-state index contributed by atoms with van der Waals surface area (Å²) in [6, 6.07) is 19.7. The van der Waals surface area contributed by atoms with E-state index >= 15 is 0 Å². The Bertz CT molecular complexity index is 581. The molecule has 1 aliphatic rings. The van der Waals surface area contributed by atoms with Crippen molar-refractivity contribution < 1.29 is 0 Å². The molecule has 0 spiro atoms. The van der Waals surface area contributed by atoms with Gasteiger partial charge in [-0.15, -0.1) is 0 Å². The van der Waals surface area contributed by atoms with E-state index in [0.717, 1.165) is 39.0 Å². The van der Waals surface area contributed by atoms with Crippen LogP contribution in [0.2, 0.25) is 0 Å². The average molecular weight is 294 g/mol. The Balaban J connectivity index is 1.67. The Morgan fingerprint density at radius 3 is 2.18 bits per heavy atom. The molecule has 0 aliphatic carbocycles. The molecule has 0 unspecified atom stereocenters. The van der Waals surface area contributed by atoms with E-state index in [1.54, 1.807) is 0 Å². The second-order valence-electron chi connectivity index (χ2n) is 6.61. The van der Waals surface area contributed by atoms with Crippen LogP contribution in [0.25, 0.3) is 0 Å². The van der Waals surface area contributed by atoms with E-state index in [4.69, 9.17) is 5.73 Å². The number of hydrogen-bond donors (Lipinski definition) is 1. The lowest BCUT2D eigenvalue weighted by Gasteiger charge is -2.41. The maximum atomic E-state index is 6.19. The van der Waals surface area contributed by atoms with Crippen molar-refractivity contribution in [2.75, 3.05) is 19.6 Å². The zero-order valence-electron chi connectivity index (χ0n) is 13.5. The molecule has 1 heterocycles. The van der Waals surface area contributed by atoms with Gasteiger partial charge in [-0.3, -0.25) is 4.90 Å². The molecule has 1 aliphatic heterocycles. The Morgan fingerprint density at radius 2 is 1.59 bits per heavy atom. The molecule has 22 heavy (non-hydrogen) atoms. The van der Waals surface area contributed by atoms with Gasteiger partial charge in [0.1, 0.15) is 0 Å². The van der Waals surface area contributed by atoms with Crippen molar-refractivity contribution in [3.63, 3.8) is 0 Å². The Morgan fingerprint density at radius 1 is 0.955 bits per heavy atom. The first-order valence-corrected chi connectivity index (χ1v) is 8.25. The van der Waals surface area contributed by atoms with Crippen molar-refractivity contribution in [1.29, 1.82) is 0 Å². The molecule has 116 valence electrons. The first-order valence-electron chi connectivity index (χ1n) is 8.25. The molecule has 2 aromatic carbocycles. The molecule has 0 bridgehead atoms. The summed E-state index contributed by atoms with van der Waals surface area (Å²) in [7, 11) is 0. The van der Waals surface area contributed by atoms with Gasteiger partial charge in [0.25, 0.3) is 0 Å². The molecule has 0 radical (unpaired) electrons. The van der Waals surface area contributed by atoms with Crippen molar-refractivity contribution in [3.05, 3.63) is 71.3 Å². The highest BCUT2D eigenvalue weighted by Crippen LogP contribution is 2.35. The minimum absolute atomic E-state index is 0.168. The van der Waals surface area contributed by atoms with Crippen molar-refractivity contribution >= 4 is 0 Å². The molecule has 0 saturated carbocycles. The molecular formula is C20H26N2. The van der Waals surface area contributed by atoms with Gasteiger partial charge in [0, 0.05) is 18.5 Å². The van der Waals surface area contributed by atoms with Crippen LogP contribution >= 0.6 is 0 Å². The summed E-state index contributed by atoms with van der Waals surface area (Å²) in [5.41, 5.74) is 10.5. The fourth-order valence-corrected chi connectivity index (χ4v) is 3.50. The van der Waals surface area contributed by atoms with Crippen LogP contribution in [0.4, 0.5) is 0 Å². The summed E-state index contributed by atoms with van der Waals surface area (Å²) < 4.78 is 0. The maximum absolute atomic E-state index is 6.19. The van der Waals surface area contributed by atoms with Crippen LogP contribution in [0.3, 0.4) is 0 Å². The SMILES string of the molecule is Cc1ccc(C2(CN)CCN(Cc3ccccc3)CC2)cc1. The molecular weight excluding hydrogens is 268 g/mol. The third-order valence-corrected chi connectivity index (χ3v) is 5.12. The minimum Gasteiger partial charge on any atom is -0.330 e. The van der Waals surface area contributed by atoms with E-state index in [1.807, 2.05) is 0 Å². The van der Waals surface area contributed by atoms with Crippen molar-refractivity contribution in [3.8, 4) is 0 Å². The molecule has 3 rings (SSSR count). The molecule has 1 saturated heterocycles. The van der Waals surface area contributed by atoms with Gasteiger partial charge in [-0.25, -0.2) is 0 Å². The number of nitrogens with two attached hydrogens (primary N) is 1. The summed E-state index contributed by atoms with van der Waals surface area (Å²) in [5.74, 6) is 0. The van der Waals surface area contributed by atoms with Gasteiger partial charge in [-0.1, -0.05) is 60.2 Å². The summed E-state index contributed by atoms with van der Waals surface area (Å²) in [5, 5.41) is 0. The van der Waals surface area contributed by atoms with Crippen LogP contribution in [0, 0.1) is 6.92 Å². The first kappa shape index (κ1) is 15.3. The Kier molecular flexibility index (Phi) is 4.60. The number of hydrogen-bond acceptors (Lipinski definition) is 2. The smallest absolute Gasteiger partial charge is 0.0233 e. The fourth-order valence-electron chi connectivity index (χ4n) is 3.50. The lowest BCUT2D eigenvalue weighted by molar-refractivity contribution is 0.156. The number of piperidine rings is 1. The maximum Gasteiger partial charge on any atom is 0.0233 e. The quantitative estimate of drug-likeness (QED) is 0.935. The molecule has 2 N–H and O–H groups in total. The van der Waals surface area contributed by atoms with Gasteiger partial charge in [0.15, 0.2) is 0 Å². The topological polar surface area (TPSA) is 29.3 Å². The Labute approximate surface area is 134 Å². The van der Waals surface area contributed by atoms with Gasteiger partial charge in [-0.05, 0) is 44.0 Å². The zero-order chi connectivity index (χ0) is 15.4. The van der Waals surface area contributed by atoms with E-state index in [-0.39, 0.29) is 5.41 Å². The summed E-state index contributed by atoms with van der Waals surface area (Å²) in [6.07, 6.45) is 2.30. The second kappa shape index (κ2) is 6.64. The van der Waals surface area contributed by atoms with Gasteiger partial charge in [-0.2, -0.15) is 0 Å². The highest BCUT2D eigenvalue weighted by molar-refractivity contribution is 5.30.